The third-order valence-corrected chi connectivity index (χ3v) is 5.90. The van der Waals surface area contributed by atoms with E-state index in [9.17, 15) is 22.0 Å². The molecule has 7 nitrogen and oxygen atoms in total. The van der Waals surface area contributed by atoms with E-state index in [2.05, 4.69) is 4.98 Å². The summed E-state index contributed by atoms with van der Waals surface area (Å²) in [7, 11) is -2.01. The summed E-state index contributed by atoms with van der Waals surface area (Å²) >= 11 is 0. The molecule has 1 aliphatic carbocycles. The molecule has 0 spiro atoms. The number of rotatable bonds is 6. The maximum atomic E-state index is 13.3. The summed E-state index contributed by atoms with van der Waals surface area (Å²) < 4.78 is 56.7. The molecule has 0 radical (unpaired) electrons. The van der Waals surface area contributed by atoms with E-state index in [0.29, 0.717) is 22.4 Å². The molecular weight excluding hydrogens is 416 g/mol. The largest absolute Gasteiger partial charge is 0.330 e. The Morgan fingerprint density at radius 3 is 2.60 bits per heavy atom. The van der Waals surface area contributed by atoms with Gasteiger partial charge in [-0.05, 0) is 36.2 Å². The molecule has 0 aliphatic heterocycles. The Bertz CT molecular complexity index is 1310. The topological polar surface area (TPSA) is 83.2 Å². The van der Waals surface area contributed by atoms with Crippen LogP contribution in [0.2, 0.25) is 0 Å². The van der Waals surface area contributed by atoms with Crippen LogP contribution in [0.25, 0.3) is 22.4 Å². The average Bonchev–Trinajstić information content (AvgIpc) is 3.21. The van der Waals surface area contributed by atoms with Gasteiger partial charge in [-0.3, -0.25) is 13.3 Å². The standard InChI is InChI=1S/C20H21F2N3O4S/c1-12-4-5-13(11-29-30(3,27)28)8-15(12)16-6-7-17-18(23-16)24(2)19(26)25(17)10-14-9-20(14,21)22/h4-8,14H,9-11H2,1-3H3. The molecule has 1 aliphatic rings. The van der Waals surface area contributed by atoms with E-state index in [1.165, 1.54) is 9.13 Å². The van der Waals surface area contributed by atoms with Gasteiger partial charge in [-0.15, -0.1) is 0 Å². The number of aryl methyl sites for hydroxylation is 2. The van der Waals surface area contributed by atoms with Gasteiger partial charge in [0.2, 0.25) is 0 Å². The summed E-state index contributed by atoms with van der Waals surface area (Å²) in [5, 5.41) is 0. The van der Waals surface area contributed by atoms with Gasteiger partial charge in [0.15, 0.2) is 5.65 Å². The predicted molar refractivity (Wildman–Crippen MR) is 108 cm³/mol. The van der Waals surface area contributed by atoms with Gasteiger partial charge in [-0.2, -0.15) is 8.42 Å². The van der Waals surface area contributed by atoms with Crippen molar-refractivity contribution in [1.29, 1.82) is 0 Å². The van der Waals surface area contributed by atoms with Crippen molar-refractivity contribution in [3.8, 4) is 11.3 Å². The third kappa shape index (κ3) is 3.89. The van der Waals surface area contributed by atoms with E-state index in [-0.39, 0.29) is 25.3 Å². The molecule has 10 heteroatoms. The summed E-state index contributed by atoms with van der Waals surface area (Å²) in [5.74, 6) is -3.53. The van der Waals surface area contributed by atoms with Gasteiger partial charge < -0.3 is 0 Å². The monoisotopic (exact) mass is 437 g/mol. The van der Waals surface area contributed by atoms with Crippen molar-refractivity contribution < 1.29 is 21.4 Å². The summed E-state index contributed by atoms with van der Waals surface area (Å²) in [5.41, 5.74) is 3.44. The van der Waals surface area contributed by atoms with Crippen molar-refractivity contribution in [3.63, 3.8) is 0 Å². The van der Waals surface area contributed by atoms with Crippen molar-refractivity contribution in [3.05, 3.63) is 51.9 Å². The van der Waals surface area contributed by atoms with Crippen LogP contribution in [0.5, 0.6) is 0 Å². The zero-order chi connectivity index (χ0) is 21.8. The number of alkyl halides is 2. The molecule has 1 aromatic carbocycles. The minimum Gasteiger partial charge on any atom is -0.290 e. The van der Waals surface area contributed by atoms with Crippen LogP contribution in [0, 0.1) is 12.8 Å². The van der Waals surface area contributed by atoms with Crippen molar-refractivity contribution in [2.45, 2.75) is 32.4 Å². The van der Waals surface area contributed by atoms with Crippen LogP contribution in [0.1, 0.15) is 17.5 Å². The quantitative estimate of drug-likeness (QED) is 0.554. The average molecular weight is 437 g/mol. The van der Waals surface area contributed by atoms with Crippen LogP contribution >= 0.6 is 0 Å². The van der Waals surface area contributed by atoms with Crippen LogP contribution in [-0.4, -0.2) is 34.7 Å². The van der Waals surface area contributed by atoms with Crippen molar-refractivity contribution in [1.82, 2.24) is 14.1 Å². The second-order valence-electron chi connectivity index (χ2n) is 7.77. The first-order valence-corrected chi connectivity index (χ1v) is 11.2. The highest BCUT2D eigenvalue weighted by Gasteiger charge is 2.57. The number of halogens is 2. The molecule has 0 amide bonds. The van der Waals surface area contributed by atoms with Crippen LogP contribution in [0.3, 0.4) is 0 Å². The Kier molecular flexibility index (Phi) is 4.81. The maximum absolute atomic E-state index is 13.3. The van der Waals surface area contributed by atoms with Gasteiger partial charge in [-0.25, -0.2) is 18.6 Å². The van der Waals surface area contributed by atoms with Gasteiger partial charge in [0, 0.05) is 31.5 Å². The van der Waals surface area contributed by atoms with E-state index in [1.807, 2.05) is 13.0 Å². The SMILES string of the molecule is Cc1ccc(COS(C)(=O)=O)cc1-c1ccc2c(n1)n(C)c(=O)n2CC1CC1(F)F. The van der Waals surface area contributed by atoms with Crippen molar-refractivity contribution in [2.75, 3.05) is 6.26 Å². The van der Waals surface area contributed by atoms with E-state index in [4.69, 9.17) is 4.18 Å². The summed E-state index contributed by atoms with van der Waals surface area (Å²) in [6.07, 6.45) is 0.781. The van der Waals surface area contributed by atoms with Crippen LogP contribution in [-0.2, 0) is 34.5 Å². The number of imidazole rings is 1. The lowest BCUT2D eigenvalue weighted by Crippen LogP contribution is -2.23. The normalized spacial score (nSPS) is 18.1. The maximum Gasteiger partial charge on any atom is 0.330 e. The fourth-order valence-corrected chi connectivity index (χ4v) is 3.85. The Labute approximate surface area is 172 Å². The number of fused-ring (bicyclic) bond motifs is 1. The number of aromatic nitrogens is 3. The highest BCUT2D eigenvalue weighted by Crippen LogP contribution is 2.49. The molecule has 160 valence electrons. The van der Waals surface area contributed by atoms with Gasteiger partial charge in [0.1, 0.15) is 0 Å². The molecule has 1 atom stereocenters. The Morgan fingerprint density at radius 2 is 1.97 bits per heavy atom. The highest BCUT2D eigenvalue weighted by atomic mass is 32.2. The van der Waals surface area contributed by atoms with Crippen molar-refractivity contribution in [2.24, 2.45) is 13.0 Å². The van der Waals surface area contributed by atoms with Crippen LogP contribution < -0.4 is 5.69 Å². The Hall–Kier alpha value is -2.59. The van der Waals surface area contributed by atoms with Crippen LogP contribution in [0.15, 0.2) is 35.1 Å². The first-order chi connectivity index (χ1) is 14.0. The molecule has 1 saturated carbocycles. The molecule has 1 fully saturated rings. The number of benzene rings is 1. The molecule has 1 unspecified atom stereocenters. The predicted octanol–water partition coefficient (Wildman–Crippen LogP) is 2.84. The fourth-order valence-electron chi connectivity index (χ4n) is 3.50. The van der Waals surface area contributed by atoms with Gasteiger partial charge in [0.05, 0.1) is 24.1 Å². The molecule has 2 heterocycles. The minimum atomic E-state index is -3.57. The van der Waals surface area contributed by atoms with Gasteiger partial charge >= 0.3 is 5.69 Å². The number of hydrogen-bond acceptors (Lipinski definition) is 5. The Balaban J connectivity index is 1.72. The smallest absolute Gasteiger partial charge is 0.290 e. The number of hydrogen-bond donors (Lipinski definition) is 0. The lowest BCUT2D eigenvalue weighted by molar-refractivity contribution is 0.0951. The van der Waals surface area contributed by atoms with E-state index in [0.717, 1.165) is 17.4 Å². The molecule has 0 N–H and O–H groups in total. The zero-order valence-corrected chi connectivity index (χ0v) is 17.5. The highest BCUT2D eigenvalue weighted by molar-refractivity contribution is 7.85. The lowest BCUT2D eigenvalue weighted by Gasteiger charge is -2.09. The first-order valence-electron chi connectivity index (χ1n) is 9.35. The number of nitrogens with zero attached hydrogens (tertiary/aromatic N) is 3. The fraction of sp³-hybridized carbons (Fsp3) is 0.400. The summed E-state index contributed by atoms with van der Waals surface area (Å²) in [4.78, 5) is 17.2. The molecule has 30 heavy (non-hydrogen) atoms. The van der Waals surface area contributed by atoms with Crippen LogP contribution in [0.4, 0.5) is 8.78 Å². The molecule has 4 rings (SSSR count). The van der Waals surface area contributed by atoms with Gasteiger partial charge in [0.25, 0.3) is 16.0 Å². The molecule has 2 aromatic heterocycles. The van der Waals surface area contributed by atoms with E-state index in [1.54, 1.807) is 31.3 Å². The molecular formula is C20H21F2N3O4S. The zero-order valence-electron chi connectivity index (χ0n) is 16.7. The van der Waals surface area contributed by atoms with E-state index < -0.39 is 22.0 Å². The van der Waals surface area contributed by atoms with E-state index >= 15 is 0 Å². The summed E-state index contributed by atoms with van der Waals surface area (Å²) in [6.45, 7) is 1.75. The molecule has 3 aromatic rings. The first kappa shape index (κ1) is 20.7. The van der Waals surface area contributed by atoms with Crippen molar-refractivity contribution >= 4 is 21.3 Å². The molecule has 0 saturated heterocycles. The summed E-state index contributed by atoms with van der Waals surface area (Å²) in [6, 6.07) is 8.83. The minimum absolute atomic E-state index is 0.0401. The lowest BCUT2D eigenvalue weighted by atomic mass is 10.0. The molecule has 0 bridgehead atoms. The third-order valence-electron chi connectivity index (χ3n) is 5.36. The second kappa shape index (κ2) is 6.98. The Morgan fingerprint density at radius 1 is 1.27 bits per heavy atom. The second-order valence-corrected chi connectivity index (χ2v) is 9.41. The number of pyridine rings is 1. The van der Waals surface area contributed by atoms with Gasteiger partial charge in [-0.1, -0.05) is 12.1 Å².